The summed E-state index contributed by atoms with van der Waals surface area (Å²) in [5.74, 6) is -0.313. The number of thiol groups is 2. The van der Waals surface area contributed by atoms with Gasteiger partial charge in [-0.25, -0.2) is 0 Å². The Morgan fingerprint density at radius 1 is 1.09 bits per heavy atom. The van der Waals surface area contributed by atoms with Crippen molar-refractivity contribution in [3.8, 4) is 0 Å². The van der Waals surface area contributed by atoms with E-state index in [0.717, 1.165) is 26.5 Å². The Morgan fingerprint density at radius 2 is 1.61 bits per heavy atom. The van der Waals surface area contributed by atoms with Gasteiger partial charge in [0.15, 0.2) is 0 Å². The van der Waals surface area contributed by atoms with Crippen molar-refractivity contribution in [1.82, 2.24) is 0 Å². The molecule has 0 bridgehead atoms. The van der Waals surface area contributed by atoms with E-state index in [1.807, 2.05) is 45.9 Å². The zero-order valence-electron chi connectivity index (χ0n) is 15.0. The molecule has 0 saturated heterocycles. The molecule has 0 aliphatic heterocycles. The predicted molar refractivity (Wildman–Crippen MR) is 109 cm³/mol. The highest BCUT2D eigenvalue weighted by atomic mass is 32.1. The van der Waals surface area contributed by atoms with Crippen LogP contribution in [0, 0.1) is 11.8 Å². The SMILES string of the molecule is C=CC(C)C(/C(C)=C(S)/C(C)=C/C)=C(/S)C(C)/C=C(\C)C(N)=O. The summed E-state index contributed by atoms with van der Waals surface area (Å²) < 4.78 is 0. The summed E-state index contributed by atoms with van der Waals surface area (Å²) in [4.78, 5) is 13.1. The molecule has 0 fully saturated rings. The van der Waals surface area contributed by atoms with E-state index in [4.69, 9.17) is 18.4 Å². The molecule has 128 valence electrons. The second-order valence-corrected chi connectivity index (χ2v) is 6.70. The van der Waals surface area contributed by atoms with Crippen molar-refractivity contribution < 1.29 is 4.79 Å². The van der Waals surface area contributed by atoms with Gasteiger partial charge in [-0.05, 0) is 55.2 Å². The van der Waals surface area contributed by atoms with E-state index < -0.39 is 5.91 Å². The molecule has 23 heavy (non-hydrogen) atoms. The van der Waals surface area contributed by atoms with Crippen LogP contribution in [0.4, 0.5) is 0 Å². The van der Waals surface area contributed by atoms with Crippen LogP contribution in [0.2, 0.25) is 0 Å². The summed E-state index contributed by atoms with van der Waals surface area (Å²) in [6.07, 6.45) is 5.76. The van der Waals surface area contributed by atoms with E-state index in [-0.39, 0.29) is 11.8 Å². The van der Waals surface area contributed by atoms with Gasteiger partial charge in [0, 0.05) is 16.4 Å². The Kier molecular flexibility index (Phi) is 9.40. The van der Waals surface area contributed by atoms with Crippen LogP contribution >= 0.6 is 25.3 Å². The third-order valence-corrected chi connectivity index (χ3v) is 5.31. The van der Waals surface area contributed by atoms with Crippen LogP contribution in [0.3, 0.4) is 0 Å². The number of nitrogens with two attached hydrogens (primary N) is 1. The molecule has 0 aromatic rings. The first kappa shape index (κ1) is 21.9. The quantitative estimate of drug-likeness (QED) is 0.250. The van der Waals surface area contributed by atoms with Crippen molar-refractivity contribution in [2.75, 3.05) is 0 Å². The summed E-state index contributed by atoms with van der Waals surface area (Å²) in [5.41, 5.74) is 9.11. The monoisotopic (exact) mass is 351 g/mol. The number of carbonyl (C=O) groups excluding carboxylic acids is 1. The van der Waals surface area contributed by atoms with Gasteiger partial charge in [-0.15, -0.1) is 31.8 Å². The maximum Gasteiger partial charge on any atom is 0.244 e. The Balaban J connectivity index is 6.23. The minimum Gasteiger partial charge on any atom is -0.366 e. The average Bonchev–Trinajstić information content (AvgIpc) is 2.52. The van der Waals surface area contributed by atoms with Gasteiger partial charge < -0.3 is 5.73 Å². The fourth-order valence-corrected chi connectivity index (χ4v) is 2.92. The summed E-state index contributed by atoms with van der Waals surface area (Å²) in [6, 6.07) is 0. The third kappa shape index (κ3) is 6.11. The zero-order chi connectivity index (χ0) is 18.3. The first-order valence-corrected chi connectivity index (χ1v) is 8.55. The number of carbonyl (C=O) groups is 1. The van der Waals surface area contributed by atoms with Crippen molar-refractivity contribution >= 4 is 31.2 Å². The largest absolute Gasteiger partial charge is 0.366 e. The van der Waals surface area contributed by atoms with Gasteiger partial charge in [0.1, 0.15) is 0 Å². The molecule has 2 atom stereocenters. The molecule has 2 unspecified atom stereocenters. The van der Waals surface area contributed by atoms with E-state index in [0.29, 0.717) is 5.57 Å². The van der Waals surface area contributed by atoms with E-state index in [2.05, 4.69) is 26.1 Å². The first-order valence-electron chi connectivity index (χ1n) is 7.65. The molecule has 0 aromatic heterocycles. The van der Waals surface area contributed by atoms with Gasteiger partial charge in [-0.2, -0.15) is 0 Å². The van der Waals surface area contributed by atoms with Crippen LogP contribution in [-0.2, 0) is 4.79 Å². The van der Waals surface area contributed by atoms with Gasteiger partial charge in [0.2, 0.25) is 5.91 Å². The third-order valence-electron chi connectivity index (χ3n) is 3.97. The Morgan fingerprint density at radius 3 is 2.00 bits per heavy atom. The second-order valence-electron chi connectivity index (χ2n) is 5.77. The Labute approximate surface area is 152 Å². The molecular formula is C19H29NOS2. The van der Waals surface area contributed by atoms with Crippen LogP contribution < -0.4 is 5.73 Å². The number of hydrogen-bond acceptors (Lipinski definition) is 3. The van der Waals surface area contributed by atoms with Gasteiger partial charge in [0.05, 0.1) is 0 Å². The molecule has 0 radical (unpaired) electrons. The van der Waals surface area contributed by atoms with Crippen LogP contribution in [0.5, 0.6) is 0 Å². The Bertz CT molecular complexity index is 594. The number of hydrogen-bond donors (Lipinski definition) is 3. The topological polar surface area (TPSA) is 43.1 Å². The molecule has 0 spiro atoms. The number of amides is 1. The molecule has 0 aromatic carbocycles. The van der Waals surface area contributed by atoms with E-state index in [1.165, 1.54) is 0 Å². The Hall–Kier alpha value is -1.13. The van der Waals surface area contributed by atoms with Crippen molar-refractivity contribution in [3.05, 3.63) is 56.9 Å². The van der Waals surface area contributed by atoms with Crippen LogP contribution in [0.15, 0.2) is 56.9 Å². The highest BCUT2D eigenvalue weighted by molar-refractivity contribution is 7.85. The van der Waals surface area contributed by atoms with Gasteiger partial charge in [-0.3, -0.25) is 4.79 Å². The lowest BCUT2D eigenvalue weighted by Crippen LogP contribution is -2.13. The van der Waals surface area contributed by atoms with E-state index >= 15 is 0 Å². The summed E-state index contributed by atoms with van der Waals surface area (Å²) >= 11 is 9.39. The molecular weight excluding hydrogens is 322 g/mol. The van der Waals surface area contributed by atoms with Crippen LogP contribution in [-0.4, -0.2) is 5.91 Å². The molecule has 0 heterocycles. The first-order chi connectivity index (χ1) is 10.6. The van der Waals surface area contributed by atoms with Gasteiger partial charge in [0.25, 0.3) is 0 Å². The fraction of sp³-hybridized carbons (Fsp3) is 0.421. The minimum absolute atomic E-state index is 0.0229. The highest BCUT2D eigenvalue weighted by Gasteiger charge is 2.18. The lowest BCUT2D eigenvalue weighted by Gasteiger charge is -2.22. The second kappa shape index (κ2) is 9.89. The summed E-state index contributed by atoms with van der Waals surface area (Å²) in [7, 11) is 0. The van der Waals surface area contributed by atoms with Crippen molar-refractivity contribution in [1.29, 1.82) is 0 Å². The molecule has 2 N–H and O–H groups in total. The number of allylic oxidation sites excluding steroid dienone is 7. The number of primary amides is 1. The zero-order valence-corrected chi connectivity index (χ0v) is 16.8. The van der Waals surface area contributed by atoms with Gasteiger partial charge in [-0.1, -0.05) is 32.1 Å². The molecule has 2 nitrogen and oxygen atoms in total. The minimum atomic E-state index is -0.414. The average molecular weight is 352 g/mol. The van der Waals surface area contributed by atoms with E-state index in [9.17, 15) is 4.79 Å². The van der Waals surface area contributed by atoms with E-state index in [1.54, 1.807) is 6.92 Å². The lowest BCUT2D eigenvalue weighted by atomic mass is 9.89. The van der Waals surface area contributed by atoms with Gasteiger partial charge >= 0.3 is 0 Å². The maximum atomic E-state index is 11.3. The fourth-order valence-electron chi connectivity index (χ4n) is 2.23. The lowest BCUT2D eigenvalue weighted by molar-refractivity contribution is -0.114. The van der Waals surface area contributed by atoms with Crippen molar-refractivity contribution in [2.45, 2.75) is 41.5 Å². The molecule has 0 rings (SSSR count). The van der Waals surface area contributed by atoms with Crippen molar-refractivity contribution in [2.24, 2.45) is 17.6 Å². The predicted octanol–water partition coefficient (Wildman–Crippen LogP) is 5.23. The summed E-state index contributed by atoms with van der Waals surface area (Å²) in [6.45, 7) is 15.7. The normalized spacial score (nSPS) is 17.9. The highest BCUT2D eigenvalue weighted by Crippen LogP contribution is 2.35. The summed E-state index contributed by atoms with van der Waals surface area (Å²) in [5, 5.41) is 0. The van der Waals surface area contributed by atoms with Crippen molar-refractivity contribution in [3.63, 3.8) is 0 Å². The molecule has 0 aliphatic carbocycles. The molecule has 1 amide bonds. The van der Waals surface area contributed by atoms with Crippen LogP contribution in [0.1, 0.15) is 41.5 Å². The maximum absolute atomic E-state index is 11.3. The number of rotatable bonds is 7. The molecule has 0 aliphatic rings. The standard InChI is InChI=1S/C19H29NOS2/c1-8-11(3)16(15(7)17(22)12(4)9-2)18(23)13(5)10-14(6)19(20)21/h8-11,13,22-23H,1H2,2-7H3,(H2,20,21)/b12-9+,14-10+,17-15-,18-16-. The molecule has 0 saturated carbocycles. The van der Waals surface area contributed by atoms with Crippen LogP contribution in [0.25, 0.3) is 0 Å². The smallest absolute Gasteiger partial charge is 0.244 e. The molecule has 4 heteroatoms.